The Bertz CT molecular complexity index is 1010. The van der Waals surface area contributed by atoms with Gasteiger partial charge in [0.1, 0.15) is 0 Å². The molecule has 0 atom stereocenters. The molecule has 0 saturated heterocycles. The first-order chi connectivity index (χ1) is 9.74. The Balaban J connectivity index is 2.48. The summed E-state index contributed by atoms with van der Waals surface area (Å²) in [5, 5.41) is 4.23. The van der Waals surface area contributed by atoms with Crippen LogP contribution in [0, 0.1) is 6.92 Å². The second-order valence-electron chi connectivity index (χ2n) is 5.31. The van der Waals surface area contributed by atoms with Crippen molar-refractivity contribution in [1.29, 1.82) is 0 Å². The third kappa shape index (κ3) is 1.21. The highest BCUT2D eigenvalue weighted by atomic mass is 16.1. The monoisotopic (exact) mass is 261 g/mol. The quantitative estimate of drug-likeness (QED) is 0.476. The van der Waals surface area contributed by atoms with Gasteiger partial charge in [-0.15, -0.1) is 0 Å². The van der Waals surface area contributed by atoms with Crippen molar-refractivity contribution in [2.45, 2.75) is 20.3 Å². The highest BCUT2D eigenvalue weighted by Crippen LogP contribution is 2.32. The minimum atomic E-state index is 0.0986. The predicted molar refractivity (Wildman–Crippen MR) is 84.0 cm³/mol. The fourth-order valence-electron chi connectivity index (χ4n) is 3.47. The molecule has 2 aromatic heterocycles. The molecule has 98 valence electrons. The summed E-state index contributed by atoms with van der Waals surface area (Å²) in [6.45, 7) is 4.20. The lowest BCUT2D eigenvalue weighted by Crippen LogP contribution is -2.14. The molecule has 4 aromatic rings. The number of aryl methyl sites for hydroxylation is 2. The van der Waals surface area contributed by atoms with Gasteiger partial charge in [0.15, 0.2) is 0 Å². The van der Waals surface area contributed by atoms with E-state index in [1.54, 1.807) is 0 Å². The van der Waals surface area contributed by atoms with Gasteiger partial charge in [-0.25, -0.2) is 0 Å². The van der Waals surface area contributed by atoms with Gasteiger partial charge in [-0.05, 0) is 30.4 Å². The van der Waals surface area contributed by atoms with E-state index in [0.717, 1.165) is 28.4 Å². The molecule has 0 aliphatic rings. The number of hydrogen-bond donors (Lipinski definition) is 0. The second kappa shape index (κ2) is 3.83. The van der Waals surface area contributed by atoms with Crippen LogP contribution in [0.15, 0.2) is 47.3 Å². The highest BCUT2D eigenvalue weighted by Gasteiger charge is 2.17. The molecule has 4 rings (SSSR count). The Labute approximate surface area is 116 Å². The lowest BCUT2D eigenvalue weighted by atomic mass is 10.0. The van der Waals surface area contributed by atoms with Crippen LogP contribution in [0.3, 0.4) is 0 Å². The van der Waals surface area contributed by atoms with Crippen molar-refractivity contribution in [2.24, 2.45) is 0 Å². The van der Waals surface area contributed by atoms with Crippen LogP contribution in [0.1, 0.15) is 18.2 Å². The fraction of sp³-hybridized carbons (Fsp3) is 0.167. The number of rotatable bonds is 1. The van der Waals surface area contributed by atoms with E-state index in [0.29, 0.717) is 0 Å². The molecule has 0 fully saturated rings. The second-order valence-corrected chi connectivity index (χ2v) is 5.31. The van der Waals surface area contributed by atoms with Crippen LogP contribution in [0.5, 0.6) is 0 Å². The largest absolute Gasteiger partial charge is 0.280 e. The minimum Gasteiger partial charge on any atom is -0.280 e. The SMILES string of the molecule is CCc1c(C)n2c(=O)c3ccccc3c3cccc1c32. The van der Waals surface area contributed by atoms with E-state index in [2.05, 4.69) is 32.0 Å². The van der Waals surface area contributed by atoms with E-state index in [4.69, 9.17) is 0 Å². The van der Waals surface area contributed by atoms with Gasteiger partial charge in [0.05, 0.1) is 5.52 Å². The van der Waals surface area contributed by atoms with Crippen molar-refractivity contribution in [2.75, 3.05) is 0 Å². The molecule has 0 spiro atoms. The summed E-state index contributed by atoms with van der Waals surface area (Å²) in [5.41, 5.74) is 3.53. The summed E-state index contributed by atoms with van der Waals surface area (Å²) >= 11 is 0. The maximum atomic E-state index is 12.8. The summed E-state index contributed by atoms with van der Waals surface area (Å²) < 4.78 is 1.89. The number of aromatic nitrogens is 1. The van der Waals surface area contributed by atoms with E-state index in [1.807, 2.05) is 28.7 Å². The summed E-state index contributed by atoms with van der Waals surface area (Å²) in [7, 11) is 0. The van der Waals surface area contributed by atoms with Gasteiger partial charge in [0.25, 0.3) is 5.56 Å². The normalized spacial score (nSPS) is 11.9. The molecule has 0 unspecified atom stereocenters. The van der Waals surface area contributed by atoms with E-state index >= 15 is 0 Å². The summed E-state index contributed by atoms with van der Waals surface area (Å²) in [4.78, 5) is 12.8. The molecule has 2 heteroatoms. The molecule has 0 bridgehead atoms. The molecule has 2 aromatic carbocycles. The molecular formula is C18H15NO. The molecule has 0 aliphatic carbocycles. The number of para-hydroxylation sites is 1. The standard InChI is InChI=1S/C18H15NO/c1-3-12-11(2)19-17-14(12)9-6-10-15(17)13-7-4-5-8-16(13)18(19)20/h4-10H,3H2,1-2H3. The zero-order chi connectivity index (χ0) is 13.9. The Morgan fingerprint density at radius 1 is 0.900 bits per heavy atom. The molecular weight excluding hydrogens is 246 g/mol. The van der Waals surface area contributed by atoms with Crippen molar-refractivity contribution in [3.8, 4) is 0 Å². The highest BCUT2D eigenvalue weighted by molar-refractivity contribution is 6.12. The van der Waals surface area contributed by atoms with Crippen LogP contribution < -0.4 is 5.56 Å². The van der Waals surface area contributed by atoms with Crippen molar-refractivity contribution >= 4 is 27.1 Å². The summed E-state index contributed by atoms with van der Waals surface area (Å²) in [6.07, 6.45) is 0.947. The van der Waals surface area contributed by atoms with Crippen LogP contribution >= 0.6 is 0 Å². The molecule has 2 nitrogen and oxygen atoms in total. The number of benzene rings is 2. The first kappa shape index (κ1) is 11.5. The summed E-state index contributed by atoms with van der Waals surface area (Å²) in [5.74, 6) is 0. The van der Waals surface area contributed by atoms with Crippen LogP contribution in [0.25, 0.3) is 27.1 Å². The van der Waals surface area contributed by atoms with Crippen LogP contribution in [0.2, 0.25) is 0 Å². The Kier molecular flexibility index (Phi) is 2.19. The van der Waals surface area contributed by atoms with E-state index in [-0.39, 0.29) is 5.56 Å². The molecule has 20 heavy (non-hydrogen) atoms. The van der Waals surface area contributed by atoms with Crippen LogP contribution in [-0.2, 0) is 6.42 Å². The zero-order valence-electron chi connectivity index (χ0n) is 11.6. The fourth-order valence-corrected chi connectivity index (χ4v) is 3.47. The predicted octanol–water partition coefficient (Wildman–Crippen LogP) is 3.91. The Morgan fingerprint density at radius 3 is 2.30 bits per heavy atom. The third-order valence-corrected chi connectivity index (χ3v) is 4.36. The van der Waals surface area contributed by atoms with Crippen molar-refractivity contribution in [1.82, 2.24) is 4.40 Å². The van der Waals surface area contributed by atoms with Crippen LogP contribution in [0.4, 0.5) is 0 Å². The van der Waals surface area contributed by atoms with Gasteiger partial charge in [0, 0.05) is 21.9 Å². The number of nitrogens with zero attached hydrogens (tertiary/aromatic N) is 1. The Morgan fingerprint density at radius 2 is 1.55 bits per heavy atom. The molecule has 0 amide bonds. The maximum Gasteiger partial charge on any atom is 0.263 e. The van der Waals surface area contributed by atoms with Gasteiger partial charge in [-0.2, -0.15) is 0 Å². The van der Waals surface area contributed by atoms with Gasteiger partial charge in [-0.1, -0.05) is 43.3 Å². The first-order valence-corrected chi connectivity index (χ1v) is 7.01. The molecule has 0 N–H and O–H groups in total. The van der Waals surface area contributed by atoms with Gasteiger partial charge in [0.2, 0.25) is 0 Å². The topological polar surface area (TPSA) is 21.5 Å². The van der Waals surface area contributed by atoms with Crippen LogP contribution in [-0.4, -0.2) is 4.40 Å². The van der Waals surface area contributed by atoms with Gasteiger partial charge < -0.3 is 0 Å². The molecule has 2 heterocycles. The van der Waals surface area contributed by atoms with Gasteiger partial charge >= 0.3 is 0 Å². The molecule has 0 radical (unpaired) electrons. The number of pyridine rings is 1. The average molecular weight is 261 g/mol. The lowest BCUT2D eigenvalue weighted by molar-refractivity contribution is 1.03. The minimum absolute atomic E-state index is 0.0986. The van der Waals surface area contributed by atoms with Crippen molar-refractivity contribution < 1.29 is 0 Å². The molecule has 0 saturated carbocycles. The van der Waals surface area contributed by atoms with E-state index in [1.165, 1.54) is 16.3 Å². The van der Waals surface area contributed by atoms with Gasteiger partial charge in [-0.3, -0.25) is 9.20 Å². The maximum absolute atomic E-state index is 12.8. The van der Waals surface area contributed by atoms with E-state index in [9.17, 15) is 4.79 Å². The summed E-state index contributed by atoms with van der Waals surface area (Å²) in [6, 6.07) is 14.2. The average Bonchev–Trinajstić information content (AvgIpc) is 2.77. The number of hydrogen-bond acceptors (Lipinski definition) is 1. The third-order valence-electron chi connectivity index (χ3n) is 4.36. The zero-order valence-corrected chi connectivity index (χ0v) is 11.6. The first-order valence-electron chi connectivity index (χ1n) is 7.01. The van der Waals surface area contributed by atoms with Crippen molar-refractivity contribution in [3.63, 3.8) is 0 Å². The number of fused-ring (bicyclic) bond motifs is 2. The smallest absolute Gasteiger partial charge is 0.263 e. The lowest BCUT2D eigenvalue weighted by Gasteiger charge is -2.06. The van der Waals surface area contributed by atoms with E-state index < -0.39 is 0 Å². The molecule has 0 aliphatic heterocycles. The Hall–Kier alpha value is -2.35. The van der Waals surface area contributed by atoms with Crippen molar-refractivity contribution in [3.05, 3.63) is 64.1 Å².